The molecule has 128 valence electrons. The van der Waals surface area contributed by atoms with Gasteiger partial charge in [0, 0.05) is 18.5 Å². The van der Waals surface area contributed by atoms with Gasteiger partial charge < -0.3 is 14.6 Å². The molecule has 1 aromatic heterocycles. The van der Waals surface area contributed by atoms with Gasteiger partial charge in [0.2, 0.25) is 11.8 Å². The Balaban J connectivity index is 1.67. The maximum atomic E-state index is 11.9. The second-order valence-electron chi connectivity index (χ2n) is 5.81. The number of aryl methyl sites for hydroxylation is 1. The van der Waals surface area contributed by atoms with E-state index in [9.17, 15) is 9.59 Å². The van der Waals surface area contributed by atoms with E-state index in [1.165, 1.54) is 0 Å². The van der Waals surface area contributed by atoms with E-state index < -0.39 is 0 Å². The number of anilines is 1. The highest BCUT2D eigenvalue weighted by molar-refractivity contribution is 5.91. The molecule has 0 spiro atoms. The fourth-order valence-electron chi connectivity index (χ4n) is 2.34. The third-order valence-electron chi connectivity index (χ3n) is 3.56. The second-order valence-corrected chi connectivity index (χ2v) is 5.81. The number of para-hydroxylation sites is 1. The summed E-state index contributed by atoms with van der Waals surface area (Å²) in [6, 6.07) is 9.26. The third-order valence-corrected chi connectivity index (χ3v) is 3.56. The minimum atomic E-state index is -0.169. The number of carbonyl (C=O) groups excluding carboxylic acids is 2. The molecule has 0 aliphatic rings. The average Bonchev–Trinajstić information content (AvgIpc) is 2.98. The van der Waals surface area contributed by atoms with Gasteiger partial charge in [-0.3, -0.25) is 4.79 Å². The first-order chi connectivity index (χ1) is 11.6. The molecule has 0 aliphatic carbocycles. The zero-order chi connectivity index (χ0) is 17.2. The van der Waals surface area contributed by atoms with Crippen LogP contribution in [0, 0.1) is 0 Å². The van der Waals surface area contributed by atoms with Gasteiger partial charge in [0.25, 0.3) is 0 Å². The van der Waals surface area contributed by atoms with E-state index in [4.69, 9.17) is 4.52 Å². The molecule has 0 aliphatic heterocycles. The molecule has 24 heavy (non-hydrogen) atoms. The highest BCUT2D eigenvalue weighted by Crippen LogP contribution is 2.09. The Bertz CT molecular complexity index is 653. The summed E-state index contributed by atoms with van der Waals surface area (Å²) in [6.45, 7) is 1.62. The standard InChI is InChI=1S/C18H23N3O3/c1-14(22)9-5-2-3-8-12-18-20-16(21-24-18)13-17(23)19-15-10-6-4-7-11-15/h4,6-7,10-11H,2-3,5,8-9,12-13H2,1H3,(H,19,23). The normalized spacial score (nSPS) is 10.5. The number of benzene rings is 1. The van der Waals surface area contributed by atoms with Crippen LogP contribution in [0.4, 0.5) is 5.69 Å². The van der Waals surface area contributed by atoms with E-state index in [0.29, 0.717) is 24.6 Å². The van der Waals surface area contributed by atoms with Gasteiger partial charge >= 0.3 is 0 Å². The van der Waals surface area contributed by atoms with Gasteiger partial charge in [0.1, 0.15) is 5.78 Å². The molecule has 1 aromatic carbocycles. The van der Waals surface area contributed by atoms with Crippen LogP contribution >= 0.6 is 0 Å². The van der Waals surface area contributed by atoms with Crippen molar-refractivity contribution in [3.63, 3.8) is 0 Å². The van der Waals surface area contributed by atoms with Crippen LogP contribution in [0.15, 0.2) is 34.9 Å². The first-order valence-electron chi connectivity index (χ1n) is 8.29. The lowest BCUT2D eigenvalue weighted by molar-refractivity contribution is -0.117. The van der Waals surface area contributed by atoms with E-state index in [1.54, 1.807) is 6.92 Å². The number of amides is 1. The largest absolute Gasteiger partial charge is 0.339 e. The molecule has 0 saturated carbocycles. The van der Waals surface area contributed by atoms with Gasteiger partial charge in [-0.05, 0) is 31.9 Å². The van der Waals surface area contributed by atoms with Gasteiger partial charge in [-0.1, -0.05) is 36.2 Å². The minimum absolute atomic E-state index is 0.0943. The van der Waals surface area contributed by atoms with Crippen LogP contribution in [0.1, 0.15) is 50.7 Å². The fourth-order valence-corrected chi connectivity index (χ4v) is 2.34. The van der Waals surface area contributed by atoms with E-state index in [2.05, 4.69) is 15.5 Å². The quantitative estimate of drug-likeness (QED) is 0.676. The summed E-state index contributed by atoms with van der Waals surface area (Å²) in [5, 5.41) is 6.63. The van der Waals surface area contributed by atoms with Crippen LogP contribution in [-0.2, 0) is 22.4 Å². The SMILES string of the molecule is CC(=O)CCCCCCc1nc(CC(=O)Nc2ccccc2)no1. The third kappa shape index (κ3) is 6.73. The zero-order valence-corrected chi connectivity index (χ0v) is 14.0. The maximum Gasteiger partial charge on any atom is 0.232 e. The van der Waals surface area contributed by atoms with Crippen LogP contribution in [0.2, 0.25) is 0 Å². The molecule has 0 radical (unpaired) electrons. The molecule has 1 amide bonds. The van der Waals surface area contributed by atoms with Gasteiger partial charge in [-0.2, -0.15) is 4.98 Å². The van der Waals surface area contributed by atoms with Crippen LogP contribution in [-0.4, -0.2) is 21.8 Å². The molecule has 0 atom stereocenters. The summed E-state index contributed by atoms with van der Waals surface area (Å²) in [6.07, 6.45) is 5.38. The van der Waals surface area contributed by atoms with Crippen molar-refractivity contribution >= 4 is 17.4 Å². The number of unbranched alkanes of at least 4 members (excludes halogenated alkanes) is 3. The van der Waals surface area contributed by atoms with Crippen molar-refractivity contribution in [2.24, 2.45) is 0 Å². The molecule has 0 fully saturated rings. The molecule has 6 nitrogen and oxygen atoms in total. The Morgan fingerprint density at radius 3 is 2.58 bits per heavy atom. The summed E-state index contributed by atoms with van der Waals surface area (Å²) < 4.78 is 5.17. The van der Waals surface area contributed by atoms with Gasteiger partial charge in [0.05, 0.1) is 6.42 Å². The molecule has 0 saturated heterocycles. The van der Waals surface area contributed by atoms with Crippen molar-refractivity contribution in [3.05, 3.63) is 42.0 Å². The Kier molecular flexibility index (Phi) is 7.14. The van der Waals surface area contributed by atoms with Crippen molar-refractivity contribution in [2.45, 2.75) is 51.9 Å². The molecular weight excluding hydrogens is 306 g/mol. The van der Waals surface area contributed by atoms with Crippen molar-refractivity contribution in [2.75, 3.05) is 5.32 Å². The molecule has 2 aromatic rings. The Morgan fingerprint density at radius 1 is 1.08 bits per heavy atom. The number of ketones is 1. The molecule has 2 rings (SSSR count). The Morgan fingerprint density at radius 2 is 1.83 bits per heavy atom. The fraction of sp³-hybridized carbons (Fsp3) is 0.444. The number of nitrogens with zero attached hydrogens (tertiary/aromatic N) is 2. The molecule has 1 heterocycles. The van der Waals surface area contributed by atoms with Crippen molar-refractivity contribution in [1.29, 1.82) is 0 Å². The van der Waals surface area contributed by atoms with E-state index in [0.717, 1.165) is 31.4 Å². The number of hydrogen-bond acceptors (Lipinski definition) is 5. The Hall–Kier alpha value is -2.50. The van der Waals surface area contributed by atoms with Crippen molar-refractivity contribution < 1.29 is 14.1 Å². The van der Waals surface area contributed by atoms with E-state index >= 15 is 0 Å². The van der Waals surface area contributed by atoms with Crippen LogP contribution < -0.4 is 5.32 Å². The number of Topliss-reactive ketones (excluding diaryl/α,β-unsaturated/α-hetero) is 1. The van der Waals surface area contributed by atoms with Gasteiger partial charge in [-0.15, -0.1) is 0 Å². The zero-order valence-electron chi connectivity index (χ0n) is 14.0. The maximum absolute atomic E-state index is 11.9. The van der Waals surface area contributed by atoms with Crippen LogP contribution in [0.25, 0.3) is 0 Å². The smallest absolute Gasteiger partial charge is 0.232 e. The van der Waals surface area contributed by atoms with Crippen LogP contribution in [0.5, 0.6) is 0 Å². The van der Waals surface area contributed by atoms with Gasteiger partial charge in [0.15, 0.2) is 5.82 Å². The van der Waals surface area contributed by atoms with Crippen molar-refractivity contribution in [3.8, 4) is 0 Å². The van der Waals surface area contributed by atoms with Crippen molar-refractivity contribution in [1.82, 2.24) is 10.1 Å². The topological polar surface area (TPSA) is 85.1 Å². The van der Waals surface area contributed by atoms with Crippen LogP contribution in [0.3, 0.4) is 0 Å². The highest BCUT2D eigenvalue weighted by atomic mass is 16.5. The number of rotatable bonds is 10. The first-order valence-corrected chi connectivity index (χ1v) is 8.29. The van der Waals surface area contributed by atoms with E-state index in [-0.39, 0.29) is 18.1 Å². The van der Waals surface area contributed by atoms with Gasteiger partial charge in [-0.25, -0.2) is 0 Å². The lowest BCUT2D eigenvalue weighted by Crippen LogP contribution is -2.15. The average molecular weight is 329 g/mol. The number of aromatic nitrogens is 2. The highest BCUT2D eigenvalue weighted by Gasteiger charge is 2.11. The second kappa shape index (κ2) is 9.60. The number of hydrogen-bond donors (Lipinski definition) is 1. The number of carbonyl (C=O) groups is 2. The molecular formula is C18H23N3O3. The Labute approximate surface area is 141 Å². The number of nitrogens with one attached hydrogen (secondary N) is 1. The molecule has 1 N–H and O–H groups in total. The minimum Gasteiger partial charge on any atom is -0.339 e. The summed E-state index contributed by atoms with van der Waals surface area (Å²) >= 11 is 0. The summed E-state index contributed by atoms with van der Waals surface area (Å²) in [5.74, 6) is 1.03. The summed E-state index contributed by atoms with van der Waals surface area (Å²) in [4.78, 5) is 27.0. The lowest BCUT2D eigenvalue weighted by atomic mass is 10.1. The van der Waals surface area contributed by atoms with E-state index in [1.807, 2.05) is 30.3 Å². The summed E-state index contributed by atoms with van der Waals surface area (Å²) in [5.41, 5.74) is 0.747. The molecule has 6 heteroatoms. The lowest BCUT2D eigenvalue weighted by Gasteiger charge is -2.02. The first kappa shape index (κ1) is 17.8. The monoisotopic (exact) mass is 329 g/mol. The predicted octanol–water partition coefficient (Wildman–Crippen LogP) is 3.33. The molecule has 0 unspecified atom stereocenters. The summed E-state index contributed by atoms with van der Waals surface area (Å²) in [7, 11) is 0. The molecule has 0 bridgehead atoms. The predicted molar refractivity (Wildman–Crippen MR) is 90.5 cm³/mol.